The third-order valence-corrected chi connectivity index (χ3v) is 7.00. The van der Waals surface area contributed by atoms with E-state index in [0.29, 0.717) is 19.5 Å². The molecule has 0 radical (unpaired) electrons. The van der Waals surface area contributed by atoms with E-state index in [1.165, 1.54) is 11.8 Å². The fourth-order valence-electron chi connectivity index (χ4n) is 3.59. The van der Waals surface area contributed by atoms with Crippen molar-refractivity contribution in [2.75, 3.05) is 12.3 Å². The highest BCUT2D eigenvalue weighted by Gasteiger charge is 2.30. The largest absolute Gasteiger partial charge is 0.354 e. The van der Waals surface area contributed by atoms with Gasteiger partial charge in [-0.25, -0.2) is 0 Å². The number of rotatable bonds is 12. The van der Waals surface area contributed by atoms with Gasteiger partial charge in [0.15, 0.2) is 0 Å². The molecule has 3 rings (SSSR count). The summed E-state index contributed by atoms with van der Waals surface area (Å²) < 4.78 is 0.979. The minimum absolute atomic E-state index is 0.0525. The SMILES string of the molecule is CCCCNC(=O)C(Cc1ccccc1)N(Cc1ccc(Br)cc1)C(=O)CSc1ccccc1. The second kappa shape index (κ2) is 14.0. The van der Waals surface area contributed by atoms with Crippen molar-refractivity contribution >= 4 is 39.5 Å². The van der Waals surface area contributed by atoms with Crippen molar-refractivity contribution in [1.82, 2.24) is 10.2 Å². The molecule has 3 aromatic rings. The Morgan fingerprint density at radius 2 is 1.56 bits per heavy atom. The molecule has 3 aromatic carbocycles. The molecule has 0 aliphatic rings. The highest BCUT2D eigenvalue weighted by atomic mass is 79.9. The topological polar surface area (TPSA) is 49.4 Å². The first-order valence-electron chi connectivity index (χ1n) is 11.6. The lowest BCUT2D eigenvalue weighted by molar-refractivity contribution is -0.139. The van der Waals surface area contributed by atoms with Gasteiger partial charge in [-0.3, -0.25) is 9.59 Å². The molecule has 0 saturated heterocycles. The second-order valence-electron chi connectivity index (χ2n) is 8.10. The van der Waals surface area contributed by atoms with Crippen LogP contribution >= 0.6 is 27.7 Å². The monoisotopic (exact) mass is 538 g/mol. The fourth-order valence-corrected chi connectivity index (χ4v) is 4.66. The van der Waals surface area contributed by atoms with Crippen LogP contribution < -0.4 is 5.32 Å². The molecule has 0 heterocycles. The van der Waals surface area contributed by atoms with Crippen molar-refractivity contribution in [3.63, 3.8) is 0 Å². The number of halogens is 1. The van der Waals surface area contributed by atoms with Crippen LogP contribution in [0.4, 0.5) is 0 Å². The Morgan fingerprint density at radius 1 is 0.912 bits per heavy atom. The Morgan fingerprint density at radius 3 is 2.21 bits per heavy atom. The van der Waals surface area contributed by atoms with Gasteiger partial charge in [0.2, 0.25) is 11.8 Å². The van der Waals surface area contributed by atoms with Crippen molar-refractivity contribution in [3.8, 4) is 0 Å². The number of carbonyl (C=O) groups is 2. The van der Waals surface area contributed by atoms with Crippen molar-refractivity contribution < 1.29 is 9.59 Å². The lowest BCUT2D eigenvalue weighted by Crippen LogP contribution is -2.51. The Bertz CT molecular complexity index is 1030. The fraction of sp³-hybridized carbons (Fsp3) is 0.286. The maximum Gasteiger partial charge on any atom is 0.243 e. The molecule has 1 atom stereocenters. The molecule has 6 heteroatoms. The maximum absolute atomic E-state index is 13.6. The van der Waals surface area contributed by atoms with E-state index in [-0.39, 0.29) is 17.6 Å². The van der Waals surface area contributed by atoms with Crippen LogP contribution in [0.2, 0.25) is 0 Å². The van der Waals surface area contributed by atoms with Crippen LogP contribution in [0.15, 0.2) is 94.3 Å². The zero-order chi connectivity index (χ0) is 24.2. The summed E-state index contributed by atoms with van der Waals surface area (Å²) in [6.07, 6.45) is 2.38. The molecule has 0 saturated carbocycles. The van der Waals surface area contributed by atoms with Gasteiger partial charge >= 0.3 is 0 Å². The van der Waals surface area contributed by atoms with Crippen molar-refractivity contribution in [2.24, 2.45) is 0 Å². The van der Waals surface area contributed by atoms with Crippen LogP contribution in [-0.2, 0) is 22.6 Å². The van der Waals surface area contributed by atoms with Gasteiger partial charge in [0.1, 0.15) is 6.04 Å². The number of amides is 2. The summed E-state index contributed by atoms with van der Waals surface area (Å²) in [5.74, 6) is 0.115. The quantitative estimate of drug-likeness (QED) is 0.224. The molecule has 0 spiro atoms. The number of thioether (sulfide) groups is 1. The second-order valence-corrected chi connectivity index (χ2v) is 10.1. The van der Waals surface area contributed by atoms with Crippen LogP contribution in [0.1, 0.15) is 30.9 Å². The molecule has 2 amide bonds. The Balaban J connectivity index is 1.86. The first kappa shape index (κ1) is 26.0. The van der Waals surface area contributed by atoms with Crippen molar-refractivity contribution in [1.29, 1.82) is 0 Å². The normalized spacial score (nSPS) is 11.6. The third-order valence-electron chi connectivity index (χ3n) is 5.47. The Hall–Kier alpha value is -2.57. The van der Waals surface area contributed by atoms with Crippen LogP contribution in [-0.4, -0.2) is 35.1 Å². The van der Waals surface area contributed by atoms with Crippen molar-refractivity contribution in [3.05, 3.63) is 101 Å². The zero-order valence-electron chi connectivity index (χ0n) is 19.5. The Labute approximate surface area is 215 Å². The van der Waals surface area contributed by atoms with E-state index in [4.69, 9.17) is 0 Å². The molecule has 1 N–H and O–H groups in total. The predicted octanol–water partition coefficient (Wildman–Crippen LogP) is 6.10. The van der Waals surface area contributed by atoms with Gasteiger partial charge < -0.3 is 10.2 Å². The maximum atomic E-state index is 13.6. The highest BCUT2D eigenvalue weighted by molar-refractivity contribution is 9.10. The number of hydrogen-bond donors (Lipinski definition) is 1. The Kier molecular flexibility index (Phi) is 10.7. The summed E-state index contributed by atoms with van der Waals surface area (Å²) in [5.41, 5.74) is 2.02. The zero-order valence-corrected chi connectivity index (χ0v) is 21.9. The van der Waals surface area contributed by atoms with E-state index in [2.05, 4.69) is 28.2 Å². The minimum Gasteiger partial charge on any atom is -0.354 e. The third kappa shape index (κ3) is 8.33. The predicted molar refractivity (Wildman–Crippen MR) is 144 cm³/mol. The van der Waals surface area contributed by atoms with Gasteiger partial charge in [-0.1, -0.05) is 89.9 Å². The highest BCUT2D eigenvalue weighted by Crippen LogP contribution is 2.21. The average Bonchev–Trinajstić information content (AvgIpc) is 2.87. The molecule has 1 unspecified atom stereocenters. The summed E-state index contributed by atoms with van der Waals surface area (Å²) in [5, 5.41) is 3.06. The van der Waals surface area contributed by atoms with Crippen LogP contribution in [0.3, 0.4) is 0 Å². The number of nitrogens with one attached hydrogen (secondary N) is 1. The van der Waals surface area contributed by atoms with Gasteiger partial charge in [-0.2, -0.15) is 0 Å². The number of unbranched alkanes of at least 4 members (excludes halogenated alkanes) is 1. The van der Waals surface area contributed by atoms with E-state index in [9.17, 15) is 9.59 Å². The minimum atomic E-state index is -0.591. The van der Waals surface area contributed by atoms with E-state index < -0.39 is 6.04 Å². The molecule has 0 aliphatic heterocycles. The lowest BCUT2D eigenvalue weighted by Gasteiger charge is -2.31. The standard InChI is InChI=1S/C28H31BrN2O2S/c1-2-3-18-30-28(33)26(19-22-10-6-4-7-11-22)31(20-23-14-16-24(29)17-15-23)27(32)21-34-25-12-8-5-9-13-25/h4-17,26H,2-3,18-21H2,1H3,(H,30,33). The summed E-state index contributed by atoms with van der Waals surface area (Å²) in [6.45, 7) is 3.08. The summed E-state index contributed by atoms with van der Waals surface area (Å²) >= 11 is 4.97. The molecule has 0 aliphatic carbocycles. The van der Waals surface area contributed by atoms with Crippen LogP contribution in [0.5, 0.6) is 0 Å². The molecule has 34 heavy (non-hydrogen) atoms. The first-order chi connectivity index (χ1) is 16.6. The molecular formula is C28H31BrN2O2S. The van der Waals surface area contributed by atoms with Gasteiger partial charge in [-0.15, -0.1) is 11.8 Å². The molecule has 0 bridgehead atoms. The summed E-state index contributed by atoms with van der Waals surface area (Å²) in [4.78, 5) is 29.7. The van der Waals surface area contributed by atoms with Gasteiger partial charge in [-0.05, 0) is 41.8 Å². The van der Waals surface area contributed by atoms with Gasteiger partial charge in [0, 0.05) is 28.9 Å². The van der Waals surface area contributed by atoms with Gasteiger partial charge in [0.05, 0.1) is 5.75 Å². The number of hydrogen-bond acceptors (Lipinski definition) is 3. The summed E-state index contributed by atoms with van der Waals surface area (Å²) in [6, 6.07) is 27.1. The van der Waals surface area contributed by atoms with E-state index in [0.717, 1.165) is 33.3 Å². The number of benzene rings is 3. The van der Waals surface area contributed by atoms with E-state index >= 15 is 0 Å². The van der Waals surface area contributed by atoms with Crippen molar-refractivity contribution in [2.45, 2.75) is 43.7 Å². The molecule has 178 valence electrons. The van der Waals surface area contributed by atoms with Gasteiger partial charge in [0.25, 0.3) is 0 Å². The first-order valence-corrected chi connectivity index (χ1v) is 13.4. The molecular weight excluding hydrogens is 508 g/mol. The summed E-state index contributed by atoms with van der Waals surface area (Å²) in [7, 11) is 0. The van der Waals surface area contributed by atoms with Crippen LogP contribution in [0, 0.1) is 0 Å². The lowest BCUT2D eigenvalue weighted by atomic mass is 10.0. The molecule has 0 fully saturated rings. The number of nitrogens with zero attached hydrogens (tertiary/aromatic N) is 1. The van der Waals surface area contributed by atoms with E-state index in [1.54, 1.807) is 4.90 Å². The molecule has 4 nitrogen and oxygen atoms in total. The van der Waals surface area contributed by atoms with Crippen LogP contribution in [0.25, 0.3) is 0 Å². The molecule has 0 aromatic heterocycles. The number of carbonyl (C=O) groups excluding carboxylic acids is 2. The average molecular weight is 540 g/mol. The van der Waals surface area contributed by atoms with E-state index in [1.807, 2.05) is 84.9 Å². The smallest absolute Gasteiger partial charge is 0.243 e.